The van der Waals surface area contributed by atoms with Crippen LogP contribution in [0.3, 0.4) is 0 Å². The lowest BCUT2D eigenvalue weighted by molar-refractivity contribution is 0.474. The zero-order valence-electron chi connectivity index (χ0n) is 12.5. The van der Waals surface area contributed by atoms with E-state index in [1.54, 1.807) is 0 Å². The maximum absolute atomic E-state index is 4.87. The van der Waals surface area contributed by atoms with Crippen LogP contribution in [0.15, 0.2) is 59.6 Å². The van der Waals surface area contributed by atoms with Crippen molar-refractivity contribution in [2.24, 2.45) is 4.99 Å². The van der Waals surface area contributed by atoms with Crippen LogP contribution in [-0.2, 0) is 0 Å². The van der Waals surface area contributed by atoms with Gasteiger partial charge in [0.2, 0.25) is 0 Å². The highest BCUT2D eigenvalue weighted by atomic mass is 32.2. The highest BCUT2D eigenvalue weighted by molar-refractivity contribution is 8.14. The first kappa shape index (κ1) is 14.2. The van der Waals surface area contributed by atoms with Crippen molar-refractivity contribution < 1.29 is 0 Å². The summed E-state index contributed by atoms with van der Waals surface area (Å²) in [6.07, 6.45) is 0. The molecule has 3 rings (SSSR count). The Morgan fingerprint density at radius 3 is 2.33 bits per heavy atom. The number of benzene rings is 2. The van der Waals surface area contributed by atoms with Crippen molar-refractivity contribution >= 4 is 22.6 Å². The summed E-state index contributed by atoms with van der Waals surface area (Å²) in [7, 11) is 0. The van der Waals surface area contributed by atoms with E-state index in [0.29, 0.717) is 5.25 Å². The Morgan fingerprint density at radius 1 is 0.952 bits per heavy atom. The number of fused-ring (bicyclic) bond motifs is 1. The van der Waals surface area contributed by atoms with Crippen molar-refractivity contribution in [3.63, 3.8) is 0 Å². The number of aliphatic imine (C=N–C) groups is 1. The number of hydrogen-bond acceptors (Lipinski definition) is 3. The van der Waals surface area contributed by atoms with Gasteiger partial charge in [0.25, 0.3) is 0 Å². The smallest absolute Gasteiger partial charge is 0.165 e. The number of rotatable bonds is 3. The fraction of sp³-hybridized carbons (Fsp3) is 0.278. The summed E-state index contributed by atoms with van der Waals surface area (Å²) in [5.74, 6) is 0. The van der Waals surface area contributed by atoms with Gasteiger partial charge in [-0.25, -0.2) is 4.99 Å². The zero-order valence-corrected chi connectivity index (χ0v) is 13.3. The summed E-state index contributed by atoms with van der Waals surface area (Å²) in [6, 6.07) is 19.2. The molecule has 108 valence electrons. The molecular formula is C18H20N2S. The Labute approximate surface area is 130 Å². The van der Waals surface area contributed by atoms with E-state index < -0.39 is 0 Å². The third-order valence-corrected chi connectivity index (χ3v) is 5.12. The maximum atomic E-state index is 4.87. The van der Waals surface area contributed by atoms with Crippen LogP contribution in [-0.4, -0.2) is 23.2 Å². The molecule has 0 fully saturated rings. The van der Waals surface area contributed by atoms with E-state index in [1.165, 1.54) is 11.1 Å². The van der Waals surface area contributed by atoms with Gasteiger partial charge in [-0.1, -0.05) is 60.3 Å². The van der Waals surface area contributed by atoms with E-state index in [4.69, 9.17) is 4.99 Å². The van der Waals surface area contributed by atoms with Gasteiger partial charge < -0.3 is 4.90 Å². The van der Waals surface area contributed by atoms with Gasteiger partial charge in [-0.05, 0) is 31.0 Å². The first-order valence-corrected chi connectivity index (χ1v) is 8.35. The first-order chi connectivity index (χ1) is 10.3. The highest BCUT2D eigenvalue weighted by Crippen LogP contribution is 2.45. The van der Waals surface area contributed by atoms with Gasteiger partial charge in [0.15, 0.2) is 5.17 Å². The predicted molar refractivity (Wildman–Crippen MR) is 92.3 cm³/mol. The largest absolute Gasteiger partial charge is 0.352 e. The SMILES string of the molecule is CCN(CC)C1=Nc2ccccc2C(c2ccccc2)S1. The van der Waals surface area contributed by atoms with E-state index in [0.717, 1.165) is 23.9 Å². The van der Waals surface area contributed by atoms with Gasteiger partial charge in [0, 0.05) is 13.1 Å². The van der Waals surface area contributed by atoms with Crippen LogP contribution in [0.4, 0.5) is 5.69 Å². The molecule has 1 aliphatic heterocycles. The van der Waals surface area contributed by atoms with Crippen molar-refractivity contribution in [2.75, 3.05) is 13.1 Å². The maximum Gasteiger partial charge on any atom is 0.165 e. The van der Waals surface area contributed by atoms with Gasteiger partial charge in [-0.15, -0.1) is 0 Å². The number of hydrogen-bond donors (Lipinski definition) is 0. The fourth-order valence-electron chi connectivity index (χ4n) is 2.62. The molecule has 0 amide bonds. The molecule has 0 radical (unpaired) electrons. The van der Waals surface area contributed by atoms with Gasteiger partial charge in [-0.3, -0.25) is 0 Å². The lowest BCUT2D eigenvalue weighted by Gasteiger charge is -2.30. The van der Waals surface area contributed by atoms with Gasteiger partial charge in [0.1, 0.15) is 0 Å². The summed E-state index contributed by atoms with van der Waals surface area (Å²) in [4.78, 5) is 7.20. The van der Waals surface area contributed by atoms with Crippen molar-refractivity contribution in [3.8, 4) is 0 Å². The average molecular weight is 296 g/mol. The Bertz CT molecular complexity index is 633. The summed E-state index contributed by atoms with van der Waals surface area (Å²) < 4.78 is 0. The van der Waals surface area contributed by atoms with E-state index in [9.17, 15) is 0 Å². The van der Waals surface area contributed by atoms with Crippen LogP contribution >= 0.6 is 11.8 Å². The van der Waals surface area contributed by atoms with Crippen LogP contribution in [0.1, 0.15) is 30.2 Å². The Kier molecular flexibility index (Phi) is 4.30. The van der Waals surface area contributed by atoms with Crippen molar-refractivity contribution in [2.45, 2.75) is 19.1 Å². The van der Waals surface area contributed by atoms with Crippen LogP contribution in [0, 0.1) is 0 Å². The zero-order chi connectivity index (χ0) is 14.7. The Morgan fingerprint density at radius 2 is 1.62 bits per heavy atom. The minimum atomic E-state index is 0.329. The Balaban J connectivity index is 2.05. The van der Waals surface area contributed by atoms with Crippen molar-refractivity contribution in [3.05, 3.63) is 65.7 Å². The molecule has 0 bridgehead atoms. The molecule has 2 aromatic rings. The standard InChI is InChI=1S/C18H20N2S/c1-3-20(4-2)18-19-16-13-9-8-12-15(16)17(21-18)14-10-6-5-7-11-14/h5-13,17H,3-4H2,1-2H3. The molecule has 1 aliphatic rings. The second kappa shape index (κ2) is 6.35. The summed E-state index contributed by atoms with van der Waals surface area (Å²) in [6.45, 7) is 6.35. The molecule has 0 saturated carbocycles. The van der Waals surface area contributed by atoms with Crippen molar-refractivity contribution in [1.82, 2.24) is 4.90 Å². The lowest BCUT2D eigenvalue weighted by Crippen LogP contribution is -2.30. The third kappa shape index (κ3) is 2.84. The van der Waals surface area contributed by atoms with E-state index in [2.05, 4.69) is 73.3 Å². The summed E-state index contributed by atoms with van der Waals surface area (Å²) in [5.41, 5.74) is 3.76. The Hall–Kier alpha value is -1.74. The molecule has 1 unspecified atom stereocenters. The average Bonchev–Trinajstić information content (AvgIpc) is 2.56. The van der Waals surface area contributed by atoms with E-state index in [-0.39, 0.29) is 0 Å². The first-order valence-electron chi connectivity index (χ1n) is 7.47. The molecule has 0 saturated heterocycles. The van der Waals surface area contributed by atoms with E-state index >= 15 is 0 Å². The van der Waals surface area contributed by atoms with Crippen LogP contribution in [0.5, 0.6) is 0 Å². The van der Waals surface area contributed by atoms with Crippen LogP contribution in [0.25, 0.3) is 0 Å². The van der Waals surface area contributed by atoms with Gasteiger partial charge >= 0.3 is 0 Å². The molecule has 1 atom stereocenters. The fourth-order valence-corrected chi connectivity index (χ4v) is 4.01. The quantitative estimate of drug-likeness (QED) is 0.804. The van der Waals surface area contributed by atoms with Crippen LogP contribution < -0.4 is 0 Å². The number of nitrogens with zero attached hydrogens (tertiary/aromatic N) is 2. The molecule has 2 aromatic carbocycles. The summed E-state index contributed by atoms with van der Waals surface area (Å²) in [5, 5.41) is 1.46. The number of thioether (sulfide) groups is 1. The van der Waals surface area contributed by atoms with Crippen LogP contribution in [0.2, 0.25) is 0 Å². The second-order valence-corrected chi connectivity index (χ2v) is 6.11. The minimum absolute atomic E-state index is 0.329. The van der Waals surface area contributed by atoms with E-state index in [1.807, 2.05) is 11.8 Å². The monoisotopic (exact) mass is 296 g/mol. The molecular weight excluding hydrogens is 276 g/mol. The molecule has 3 heteroatoms. The second-order valence-electron chi connectivity index (χ2n) is 5.03. The molecule has 1 heterocycles. The molecule has 0 aromatic heterocycles. The predicted octanol–water partition coefficient (Wildman–Crippen LogP) is 4.85. The minimum Gasteiger partial charge on any atom is -0.352 e. The third-order valence-electron chi connectivity index (χ3n) is 3.79. The van der Waals surface area contributed by atoms with Gasteiger partial charge in [-0.2, -0.15) is 0 Å². The number of amidine groups is 1. The topological polar surface area (TPSA) is 15.6 Å². The molecule has 0 N–H and O–H groups in total. The molecule has 0 aliphatic carbocycles. The number of para-hydroxylation sites is 1. The molecule has 0 spiro atoms. The summed E-state index contributed by atoms with van der Waals surface area (Å²) >= 11 is 1.86. The molecule has 2 nitrogen and oxygen atoms in total. The lowest BCUT2D eigenvalue weighted by atomic mass is 10.0. The highest BCUT2D eigenvalue weighted by Gasteiger charge is 2.26. The van der Waals surface area contributed by atoms with Crippen molar-refractivity contribution in [1.29, 1.82) is 0 Å². The molecule has 21 heavy (non-hydrogen) atoms. The normalized spacial score (nSPS) is 17.0. The van der Waals surface area contributed by atoms with Gasteiger partial charge in [0.05, 0.1) is 10.9 Å².